The van der Waals surface area contributed by atoms with Gasteiger partial charge in [-0.3, -0.25) is 0 Å². The molecule has 0 aliphatic rings. The molecule has 0 radical (unpaired) electrons. The molecule has 2 aromatic carbocycles. The van der Waals surface area contributed by atoms with E-state index in [1.54, 1.807) is 28.4 Å². The number of anilines is 2. The molecule has 4 aromatic rings. The van der Waals surface area contributed by atoms with Crippen molar-refractivity contribution in [3.63, 3.8) is 0 Å². The summed E-state index contributed by atoms with van der Waals surface area (Å²) in [5.41, 5.74) is 2.56. The minimum atomic E-state index is 0.653. The predicted octanol–water partition coefficient (Wildman–Crippen LogP) is 5.20. The lowest BCUT2D eigenvalue weighted by molar-refractivity contribution is 0.356. The molecule has 0 spiro atoms. The van der Waals surface area contributed by atoms with Crippen LogP contribution < -0.4 is 24.3 Å². The van der Waals surface area contributed by atoms with Crippen molar-refractivity contribution < 1.29 is 18.9 Å². The number of rotatable bonds is 7. The van der Waals surface area contributed by atoms with Crippen molar-refractivity contribution >= 4 is 43.2 Å². The number of aromatic nitrogens is 2. The largest absolute Gasteiger partial charge is 0.497 e. The van der Waals surface area contributed by atoms with Gasteiger partial charge in [-0.25, -0.2) is 9.97 Å². The number of ether oxygens (including phenoxy) is 4. The van der Waals surface area contributed by atoms with E-state index in [2.05, 4.69) is 15.3 Å². The van der Waals surface area contributed by atoms with Crippen LogP contribution in [0.15, 0.2) is 35.7 Å². The highest BCUT2D eigenvalue weighted by atomic mass is 32.1. The molecule has 4 rings (SSSR count). The van der Waals surface area contributed by atoms with Crippen LogP contribution in [0.4, 0.5) is 10.3 Å². The van der Waals surface area contributed by atoms with Gasteiger partial charge in [0.15, 0.2) is 21.8 Å². The first kappa shape index (κ1) is 19.3. The van der Waals surface area contributed by atoms with Crippen molar-refractivity contribution in [2.24, 2.45) is 0 Å². The first-order chi connectivity index (χ1) is 14.1. The molecule has 0 fully saturated rings. The summed E-state index contributed by atoms with van der Waals surface area (Å²) in [7, 11) is 6.49. The first-order valence-electron chi connectivity index (χ1n) is 8.62. The monoisotopic (exact) mass is 429 g/mol. The fraction of sp³-hybridized carbons (Fsp3) is 0.200. The zero-order valence-corrected chi connectivity index (χ0v) is 17.9. The Hall–Kier alpha value is -3.04. The van der Waals surface area contributed by atoms with E-state index in [1.165, 1.54) is 22.7 Å². The molecule has 0 saturated carbocycles. The van der Waals surface area contributed by atoms with Crippen molar-refractivity contribution in [2.45, 2.75) is 0 Å². The van der Waals surface area contributed by atoms with Crippen LogP contribution in [0.25, 0.3) is 21.5 Å². The fourth-order valence-corrected chi connectivity index (χ4v) is 4.51. The van der Waals surface area contributed by atoms with Crippen LogP contribution in [0.1, 0.15) is 0 Å². The molecule has 0 saturated heterocycles. The van der Waals surface area contributed by atoms with Crippen molar-refractivity contribution in [3.8, 4) is 34.3 Å². The summed E-state index contributed by atoms with van der Waals surface area (Å²) in [6, 6.07) is 9.46. The van der Waals surface area contributed by atoms with Gasteiger partial charge in [-0.1, -0.05) is 11.3 Å². The Morgan fingerprint density at radius 3 is 2.28 bits per heavy atom. The number of hydrogen-bond donors (Lipinski definition) is 1. The number of nitrogens with one attached hydrogen (secondary N) is 1. The number of hydrogen-bond acceptors (Lipinski definition) is 9. The second-order valence-corrected chi connectivity index (χ2v) is 7.81. The topological polar surface area (TPSA) is 74.7 Å². The van der Waals surface area contributed by atoms with Crippen molar-refractivity contribution in [3.05, 3.63) is 35.7 Å². The number of nitrogens with zero attached hydrogens (tertiary/aromatic N) is 2. The molecule has 0 atom stereocenters. The molecule has 7 nitrogen and oxygen atoms in total. The van der Waals surface area contributed by atoms with Gasteiger partial charge in [0.2, 0.25) is 0 Å². The SMILES string of the molecule is COc1ccc(-c2csc(Nc3nc4cc(OC)c(OC)cc4s3)n2)c(OC)c1. The minimum absolute atomic E-state index is 0.653. The molecule has 0 aliphatic heterocycles. The van der Waals surface area contributed by atoms with E-state index in [4.69, 9.17) is 18.9 Å². The second kappa shape index (κ2) is 8.14. The second-order valence-electron chi connectivity index (χ2n) is 5.92. The Kier molecular flexibility index (Phi) is 5.41. The van der Waals surface area contributed by atoms with Crippen LogP contribution in [-0.2, 0) is 0 Å². The molecular weight excluding hydrogens is 410 g/mol. The zero-order valence-electron chi connectivity index (χ0n) is 16.3. The lowest BCUT2D eigenvalue weighted by Gasteiger charge is -2.08. The van der Waals surface area contributed by atoms with Crippen LogP contribution in [0.5, 0.6) is 23.0 Å². The Morgan fingerprint density at radius 2 is 1.55 bits per heavy atom. The quantitative estimate of drug-likeness (QED) is 0.433. The van der Waals surface area contributed by atoms with Gasteiger partial charge < -0.3 is 24.3 Å². The van der Waals surface area contributed by atoms with Crippen molar-refractivity contribution in [1.82, 2.24) is 9.97 Å². The molecule has 2 heterocycles. The van der Waals surface area contributed by atoms with E-state index in [9.17, 15) is 0 Å². The van der Waals surface area contributed by atoms with Crippen LogP contribution in [0, 0.1) is 0 Å². The summed E-state index contributed by atoms with van der Waals surface area (Å²) in [6.07, 6.45) is 0. The summed E-state index contributed by atoms with van der Waals surface area (Å²) in [5, 5.41) is 6.76. The molecule has 9 heteroatoms. The van der Waals surface area contributed by atoms with E-state index < -0.39 is 0 Å². The predicted molar refractivity (Wildman–Crippen MR) is 117 cm³/mol. The van der Waals surface area contributed by atoms with Gasteiger partial charge in [0.25, 0.3) is 0 Å². The maximum Gasteiger partial charge on any atom is 0.190 e. The average molecular weight is 430 g/mol. The standard InChI is InChI=1S/C20H19N3O4S2/c1-24-11-5-6-12(15(7-11)25-2)14-10-28-19(22-14)23-20-21-13-8-16(26-3)17(27-4)9-18(13)29-20/h5-10H,1-4H3,(H,21,22,23). The molecule has 150 valence electrons. The van der Waals surface area contributed by atoms with Gasteiger partial charge in [-0.05, 0) is 12.1 Å². The Bertz CT molecular complexity index is 1120. The summed E-state index contributed by atoms with van der Waals surface area (Å²) in [5.74, 6) is 2.78. The van der Waals surface area contributed by atoms with E-state index in [-0.39, 0.29) is 0 Å². The molecule has 2 aromatic heterocycles. The highest BCUT2D eigenvalue weighted by molar-refractivity contribution is 7.22. The van der Waals surface area contributed by atoms with Gasteiger partial charge in [-0.15, -0.1) is 11.3 Å². The highest BCUT2D eigenvalue weighted by Gasteiger charge is 2.14. The highest BCUT2D eigenvalue weighted by Crippen LogP contribution is 2.38. The van der Waals surface area contributed by atoms with Crippen molar-refractivity contribution in [1.29, 1.82) is 0 Å². The number of fused-ring (bicyclic) bond motifs is 1. The molecule has 0 aliphatic carbocycles. The summed E-state index contributed by atoms with van der Waals surface area (Å²) in [6.45, 7) is 0. The number of thiazole rings is 2. The first-order valence-corrected chi connectivity index (χ1v) is 10.3. The Balaban J connectivity index is 1.61. The van der Waals surface area contributed by atoms with E-state index in [0.29, 0.717) is 17.2 Å². The van der Waals surface area contributed by atoms with Gasteiger partial charge >= 0.3 is 0 Å². The molecule has 0 unspecified atom stereocenters. The lowest BCUT2D eigenvalue weighted by Crippen LogP contribution is -1.92. The zero-order chi connectivity index (χ0) is 20.4. The van der Waals surface area contributed by atoms with Gasteiger partial charge in [0.05, 0.1) is 44.3 Å². The van der Waals surface area contributed by atoms with E-state index in [0.717, 1.165) is 37.5 Å². The van der Waals surface area contributed by atoms with Gasteiger partial charge in [-0.2, -0.15) is 0 Å². The van der Waals surface area contributed by atoms with Gasteiger partial charge in [0.1, 0.15) is 11.5 Å². The third-order valence-electron chi connectivity index (χ3n) is 4.30. The van der Waals surface area contributed by atoms with E-state index >= 15 is 0 Å². The normalized spacial score (nSPS) is 10.8. The average Bonchev–Trinajstić information content (AvgIpc) is 3.38. The third kappa shape index (κ3) is 3.79. The Morgan fingerprint density at radius 1 is 0.793 bits per heavy atom. The third-order valence-corrected chi connectivity index (χ3v) is 5.99. The molecule has 0 bridgehead atoms. The number of methoxy groups -OCH3 is 4. The summed E-state index contributed by atoms with van der Waals surface area (Å²) in [4.78, 5) is 9.31. The van der Waals surface area contributed by atoms with Crippen LogP contribution >= 0.6 is 22.7 Å². The van der Waals surface area contributed by atoms with Crippen LogP contribution in [-0.4, -0.2) is 38.4 Å². The smallest absolute Gasteiger partial charge is 0.190 e. The Labute approximate surface area is 175 Å². The number of benzene rings is 2. The molecular formula is C20H19N3O4S2. The van der Waals surface area contributed by atoms with Gasteiger partial charge in [0, 0.05) is 29.1 Å². The summed E-state index contributed by atoms with van der Waals surface area (Å²) >= 11 is 3.03. The fourth-order valence-electron chi connectivity index (χ4n) is 2.87. The maximum atomic E-state index is 5.48. The van der Waals surface area contributed by atoms with E-state index in [1.807, 2.05) is 35.7 Å². The minimum Gasteiger partial charge on any atom is -0.497 e. The molecule has 0 amide bonds. The lowest BCUT2D eigenvalue weighted by atomic mass is 10.1. The van der Waals surface area contributed by atoms with Crippen LogP contribution in [0.2, 0.25) is 0 Å². The van der Waals surface area contributed by atoms with Crippen LogP contribution in [0.3, 0.4) is 0 Å². The summed E-state index contributed by atoms with van der Waals surface area (Å²) < 4.78 is 22.5. The van der Waals surface area contributed by atoms with Crippen molar-refractivity contribution in [2.75, 3.05) is 33.8 Å². The maximum absolute atomic E-state index is 5.48. The molecule has 29 heavy (non-hydrogen) atoms. The molecule has 1 N–H and O–H groups in total.